The summed E-state index contributed by atoms with van der Waals surface area (Å²) < 4.78 is 7.01. The van der Waals surface area contributed by atoms with Crippen molar-refractivity contribution in [2.45, 2.75) is 51.5 Å². The van der Waals surface area contributed by atoms with Crippen LogP contribution >= 0.6 is 0 Å². The fourth-order valence-electron chi connectivity index (χ4n) is 4.71. The maximum Gasteiger partial charge on any atom is 0.292 e. The smallest absolute Gasteiger partial charge is 0.292 e. The molecule has 0 radical (unpaired) electrons. The van der Waals surface area contributed by atoms with E-state index >= 15 is 0 Å². The zero-order chi connectivity index (χ0) is 19.8. The monoisotopic (exact) mass is 397 g/mol. The molecule has 3 aliphatic rings. The van der Waals surface area contributed by atoms with E-state index < -0.39 is 0 Å². The first kappa shape index (κ1) is 18.5. The lowest BCUT2D eigenvalue weighted by Gasteiger charge is -2.34. The molecule has 1 aliphatic heterocycles. The Balaban J connectivity index is 1.17. The third-order valence-electron chi connectivity index (χ3n) is 6.47. The molecule has 0 spiro atoms. The Hall–Kier alpha value is -2.48. The second-order valence-electron chi connectivity index (χ2n) is 8.31. The van der Waals surface area contributed by atoms with Gasteiger partial charge in [0.05, 0.1) is 17.9 Å². The molecule has 0 N–H and O–H groups in total. The summed E-state index contributed by atoms with van der Waals surface area (Å²) in [6.45, 7) is 4.28. The molecular formula is C21H27N5O3. The molecule has 0 bridgehead atoms. The molecule has 0 atom stereocenters. The van der Waals surface area contributed by atoms with Gasteiger partial charge < -0.3 is 9.42 Å². The quantitative estimate of drug-likeness (QED) is 0.767. The number of amides is 1. The van der Waals surface area contributed by atoms with E-state index in [4.69, 9.17) is 4.52 Å². The van der Waals surface area contributed by atoms with Gasteiger partial charge in [0.2, 0.25) is 5.76 Å². The molecule has 2 aromatic rings. The number of carbonyl (C=O) groups is 1. The number of rotatable bonds is 4. The van der Waals surface area contributed by atoms with Gasteiger partial charge in [-0.15, -0.1) is 0 Å². The summed E-state index contributed by atoms with van der Waals surface area (Å²) in [5.41, 5.74) is 4.18. The van der Waals surface area contributed by atoms with Gasteiger partial charge in [0.25, 0.3) is 11.5 Å². The molecule has 1 amide bonds. The van der Waals surface area contributed by atoms with Gasteiger partial charge in [-0.25, -0.2) is 4.68 Å². The van der Waals surface area contributed by atoms with Crippen molar-refractivity contribution in [2.75, 3.05) is 32.7 Å². The number of piperazine rings is 1. The minimum absolute atomic E-state index is 0.00504. The fraction of sp³-hybridized carbons (Fsp3) is 0.619. The molecule has 1 fully saturated rings. The Bertz CT molecular complexity index is 971. The van der Waals surface area contributed by atoms with Crippen LogP contribution in [0.25, 0.3) is 0 Å². The van der Waals surface area contributed by atoms with Crippen LogP contribution in [0.3, 0.4) is 0 Å². The van der Waals surface area contributed by atoms with E-state index in [9.17, 15) is 9.59 Å². The van der Waals surface area contributed by atoms with Crippen LogP contribution < -0.4 is 5.56 Å². The van der Waals surface area contributed by atoms with Gasteiger partial charge in [-0.2, -0.15) is 5.10 Å². The van der Waals surface area contributed by atoms with Gasteiger partial charge >= 0.3 is 0 Å². The largest absolute Gasteiger partial charge is 0.350 e. The highest BCUT2D eigenvalue weighted by Gasteiger charge is 2.29. The minimum atomic E-state index is -0.0307. The Morgan fingerprint density at radius 1 is 0.966 bits per heavy atom. The first-order valence-corrected chi connectivity index (χ1v) is 10.8. The van der Waals surface area contributed by atoms with E-state index in [2.05, 4.69) is 15.2 Å². The van der Waals surface area contributed by atoms with Crippen molar-refractivity contribution >= 4 is 5.91 Å². The molecule has 1 saturated heterocycles. The average Bonchev–Trinajstić information content (AvgIpc) is 3.38. The summed E-state index contributed by atoms with van der Waals surface area (Å²) in [6, 6.07) is 1.75. The summed E-state index contributed by atoms with van der Waals surface area (Å²) in [7, 11) is 0. The highest BCUT2D eigenvalue weighted by molar-refractivity contribution is 5.93. The van der Waals surface area contributed by atoms with Crippen LogP contribution in [0, 0.1) is 0 Å². The third kappa shape index (κ3) is 3.61. The van der Waals surface area contributed by atoms with Crippen molar-refractivity contribution < 1.29 is 9.32 Å². The third-order valence-corrected chi connectivity index (χ3v) is 6.47. The Morgan fingerprint density at radius 2 is 1.76 bits per heavy atom. The molecule has 2 aromatic heterocycles. The zero-order valence-corrected chi connectivity index (χ0v) is 16.7. The molecule has 3 heterocycles. The molecule has 5 rings (SSSR count). The van der Waals surface area contributed by atoms with Crippen molar-refractivity contribution in [2.24, 2.45) is 0 Å². The van der Waals surface area contributed by atoms with Gasteiger partial charge in [0.15, 0.2) is 0 Å². The van der Waals surface area contributed by atoms with Crippen molar-refractivity contribution in [3.8, 4) is 0 Å². The van der Waals surface area contributed by atoms with E-state index in [1.165, 1.54) is 0 Å². The molecule has 8 nitrogen and oxygen atoms in total. The topological polar surface area (TPSA) is 84.5 Å². The molecule has 0 saturated carbocycles. The van der Waals surface area contributed by atoms with Gasteiger partial charge in [-0.3, -0.25) is 14.5 Å². The molecular weight excluding hydrogens is 370 g/mol. The number of hydrogen-bond donors (Lipinski definition) is 0. The lowest BCUT2D eigenvalue weighted by molar-refractivity contribution is 0.0590. The summed E-state index contributed by atoms with van der Waals surface area (Å²) in [6.07, 6.45) is 7.06. The van der Waals surface area contributed by atoms with Crippen LogP contribution in [0.2, 0.25) is 0 Å². The molecule has 29 heavy (non-hydrogen) atoms. The van der Waals surface area contributed by atoms with Crippen molar-refractivity contribution in [3.63, 3.8) is 0 Å². The summed E-state index contributed by atoms with van der Waals surface area (Å²) in [5, 5.41) is 8.66. The van der Waals surface area contributed by atoms with E-state index in [1.54, 1.807) is 10.7 Å². The number of carbonyl (C=O) groups excluding carboxylic acids is 1. The molecule has 8 heteroatoms. The van der Waals surface area contributed by atoms with Crippen molar-refractivity contribution in [3.05, 3.63) is 44.7 Å². The number of hydrogen-bond acceptors (Lipinski definition) is 6. The van der Waals surface area contributed by atoms with E-state index in [-0.39, 0.29) is 11.5 Å². The van der Waals surface area contributed by atoms with Crippen LogP contribution in [0.5, 0.6) is 0 Å². The lowest BCUT2D eigenvalue weighted by atomic mass is 9.96. The second kappa shape index (κ2) is 7.74. The van der Waals surface area contributed by atoms with E-state index in [0.29, 0.717) is 25.4 Å². The van der Waals surface area contributed by atoms with Crippen LogP contribution in [0.4, 0.5) is 0 Å². The average molecular weight is 397 g/mol. The lowest BCUT2D eigenvalue weighted by Crippen LogP contribution is -2.49. The number of aromatic nitrogens is 3. The van der Waals surface area contributed by atoms with Crippen molar-refractivity contribution in [1.29, 1.82) is 0 Å². The molecule has 0 unspecified atom stereocenters. The standard InChI is InChI=1S/C21H27N5O3/c27-19-14-15-4-3-7-17(15)22-26(19)13-10-24-8-11-25(12-9-24)21(28)20-16-5-1-2-6-18(16)23-29-20/h14H,1-13H2. The Kier molecular flexibility index (Phi) is 4.95. The maximum atomic E-state index is 12.9. The molecule has 154 valence electrons. The predicted molar refractivity (Wildman–Crippen MR) is 106 cm³/mol. The normalized spacial score (nSPS) is 19.2. The number of nitrogens with zero attached hydrogens (tertiary/aromatic N) is 5. The van der Waals surface area contributed by atoms with Crippen LogP contribution in [0.1, 0.15) is 52.3 Å². The SMILES string of the molecule is O=C(c1onc2c1CCCC2)N1CCN(CCn2nc3c(cc2=O)CCC3)CC1. The van der Waals surface area contributed by atoms with Crippen LogP contribution in [-0.2, 0) is 32.2 Å². The maximum absolute atomic E-state index is 12.9. The zero-order valence-electron chi connectivity index (χ0n) is 16.7. The minimum Gasteiger partial charge on any atom is -0.350 e. The van der Waals surface area contributed by atoms with Gasteiger partial charge in [0.1, 0.15) is 0 Å². The van der Waals surface area contributed by atoms with Gasteiger partial charge in [0, 0.05) is 44.4 Å². The summed E-state index contributed by atoms with van der Waals surface area (Å²) >= 11 is 0. The van der Waals surface area contributed by atoms with Crippen LogP contribution in [0.15, 0.2) is 15.4 Å². The first-order chi connectivity index (χ1) is 14.2. The first-order valence-electron chi connectivity index (χ1n) is 10.8. The fourth-order valence-corrected chi connectivity index (χ4v) is 4.71. The van der Waals surface area contributed by atoms with Gasteiger partial charge in [-0.05, 0) is 50.5 Å². The van der Waals surface area contributed by atoms with E-state index in [1.807, 2.05) is 4.90 Å². The number of aryl methyl sites for hydroxylation is 3. The highest BCUT2D eigenvalue weighted by Crippen LogP contribution is 2.25. The second-order valence-corrected chi connectivity index (χ2v) is 8.31. The Labute approximate surface area is 169 Å². The molecule has 2 aliphatic carbocycles. The van der Waals surface area contributed by atoms with E-state index in [0.717, 1.165) is 87.1 Å². The Morgan fingerprint density at radius 3 is 2.62 bits per heavy atom. The predicted octanol–water partition coefficient (Wildman–Crippen LogP) is 1.06. The van der Waals surface area contributed by atoms with Crippen molar-refractivity contribution in [1.82, 2.24) is 24.7 Å². The van der Waals surface area contributed by atoms with Crippen LogP contribution in [-0.4, -0.2) is 63.4 Å². The highest BCUT2D eigenvalue weighted by atomic mass is 16.5. The molecule has 0 aromatic carbocycles. The van der Waals surface area contributed by atoms with Gasteiger partial charge in [-0.1, -0.05) is 5.16 Å². The number of fused-ring (bicyclic) bond motifs is 2. The summed E-state index contributed by atoms with van der Waals surface area (Å²) in [4.78, 5) is 29.3. The summed E-state index contributed by atoms with van der Waals surface area (Å²) in [5.74, 6) is 0.416.